The minimum absolute atomic E-state index is 0.0650. The molecule has 2 N–H and O–H groups in total. The second-order valence-corrected chi connectivity index (χ2v) is 5.55. The second-order valence-electron chi connectivity index (χ2n) is 4.52. The van der Waals surface area contributed by atoms with Crippen LogP contribution in [0.1, 0.15) is 15.2 Å². The molecule has 2 amide bonds. The number of hydrogen-bond acceptors (Lipinski definition) is 4. The number of nitrogens with two attached hydrogens (primary N) is 1. The Labute approximate surface area is 126 Å². The van der Waals surface area contributed by atoms with Gasteiger partial charge in [0.2, 0.25) is 0 Å². The zero-order valence-corrected chi connectivity index (χ0v) is 12.4. The molecule has 0 bridgehead atoms. The monoisotopic (exact) mass is 304 g/mol. The van der Waals surface area contributed by atoms with Crippen molar-refractivity contribution in [1.82, 2.24) is 4.90 Å². The van der Waals surface area contributed by atoms with Gasteiger partial charge in [-0.3, -0.25) is 9.59 Å². The highest BCUT2D eigenvalue weighted by Crippen LogP contribution is 2.16. The van der Waals surface area contributed by atoms with Crippen molar-refractivity contribution in [3.8, 4) is 5.75 Å². The highest BCUT2D eigenvalue weighted by atomic mass is 32.1. The molecule has 0 aliphatic heterocycles. The maximum Gasteiger partial charge on any atom is 0.255 e. The van der Waals surface area contributed by atoms with E-state index >= 15 is 0 Å². The number of hydrogen-bond donors (Lipinski definition) is 1. The van der Waals surface area contributed by atoms with Crippen LogP contribution >= 0.6 is 11.3 Å². The van der Waals surface area contributed by atoms with Gasteiger partial charge in [0.1, 0.15) is 5.75 Å². The van der Waals surface area contributed by atoms with E-state index in [2.05, 4.69) is 0 Å². The molecule has 0 aliphatic carbocycles. The van der Waals surface area contributed by atoms with Gasteiger partial charge in [-0.05, 0) is 35.7 Å². The summed E-state index contributed by atoms with van der Waals surface area (Å²) in [5.41, 5.74) is 5.57. The third-order valence-corrected chi connectivity index (χ3v) is 3.66. The van der Waals surface area contributed by atoms with E-state index in [0.717, 1.165) is 4.88 Å². The maximum atomic E-state index is 12.3. The van der Waals surface area contributed by atoms with Crippen molar-refractivity contribution in [1.29, 1.82) is 0 Å². The predicted octanol–water partition coefficient (Wildman–Crippen LogP) is 1.88. The molecule has 0 unspecified atom stereocenters. The normalized spacial score (nSPS) is 10.1. The van der Waals surface area contributed by atoms with Crippen LogP contribution in [0.25, 0.3) is 0 Å². The summed E-state index contributed by atoms with van der Waals surface area (Å²) in [6.07, 6.45) is 0. The van der Waals surface area contributed by atoms with E-state index in [1.54, 1.807) is 47.5 Å². The first kappa shape index (κ1) is 15.1. The van der Waals surface area contributed by atoms with E-state index in [1.807, 2.05) is 17.5 Å². The quantitative estimate of drug-likeness (QED) is 0.885. The maximum absolute atomic E-state index is 12.3. The summed E-state index contributed by atoms with van der Waals surface area (Å²) in [5, 5.41) is 1.98. The molecule has 2 rings (SSSR count). The van der Waals surface area contributed by atoms with E-state index in [4.69, 9.17) is 10.5 Å². The molecule has 110 valence electrons. The van der Waals surface area contributed by atoms with Crippen molar-refractivity contribution in [3.63, 3.8) is 0 Å². The van der Waals surface area contributed by atoms with Gasteiger partial charge in [0.25, 0.3) is 11.8 Å². The van der Waals surface area contributed by atoms with E-state index < -0.39 is 5.91 Å². The Morgan fingerprint density at radius 2 is 1.95 bits per heavy atom. The summed E-state index contributed by atoms with van der Waals surface area (Å²) in [6, 6.07) is 10.6. The van der Waals surface area contributed by atoms with Crippen molar-refractivity contribution in [2.24, 2.45) is 5.73 Å². The average molecular weight is 304 g/mol. The lowest BCUT2D eigenvalue weighted by atomic mass is 10.2. The van der Waals surface area contributed by atoms with Gasteiger partial charge < -0.3 is 15.4 Å². The van der Waals surface area contributed by atoms with Gasteiger partial charge in [0, 0.05) is 17.5 Å². The Kier molecular flexibility index (Phi) is 4.94. The highest BCUT2D eigenvalue weighted by Gasteiger charge is 2.12. The van der Waals surface area contributed by atoms with E-state index in [1.165, 1.54) is 0 Å². The Morgan fingerprint density at radius 3 is 2.52 bits per heavy atom. The van der Waals surface area contributed by atoms with Crippen LogP contribution in [0.3, 0.4) is 0 Å². The fourth-order valence-electron chi connectivity index (χ4n) is 1.78. The van der Waals surface area contributed by atoms with Crippen molar-refractivity contribution in [2.75, 3.05) is 13.7 Å². The summed E-state index contributed by atoms with van der Waals surface area (Å²) in [7, 11) is 1.76. The zero-order valence-electron chi connectivity index (χ0n) is 11.6. The average Bonchev–Trinajstić information content (AvgIpc) is 2.97. The Balaban J connectivity index is 1.97. The molecule has 1 aromatic heterocycles. The van der Waals surface area contributed by atoms with Crippen molar-refractivity contribution in [3.05, 3.63) is 52.2 Å². The Hall–Kier alpha value is -2.34. The summed E-state index contributed by atoms with van der Waals surface area (Å²) in [4.78, 5) is 25.7. The SMILES string of the molecule is CN(Cc1cccs1)C(=O)c1ccc(OCC(N)=O)cc1. The van der Waals surface area contributed by atoms with Crippen LogP contribution < -0.4 is 10.5 Å². The number of nitrogens with zero attached hydrogens (tertiary/aromatic N) is 1. The molecule has 0 spiro atoms. The first-order valence-electron chi connectivity index (χ1n) is 6.35. The summed E-state index contributed by atoms with van der Waals surface area (Å²) < 4.78 is 5.15. The minimum atomic E-state index is -0.536. The summed E-state index contributed by atoms with van der Waals surface area (Å²) in [5.74, 6) is -0.0954. The summed E-state index contributed by atoms with van der Waals surface area (Å²) in [6.45, 7) is 0.405. The van der Waals surface area contributed by atoms with Gasteiger partial charge in [-0.25, -0.2) is 0 Å². The number of rotatable bonds is 6. The number of carbonyl (C=O) groups is 2. The molecule has 0 aliphatic rings. The molecular formula is C15H16N2O3S. The molecule has 0 atom stereocenters. The second kappa shape index (κ2) is 6.90. The molecule has 6 heteroatoms. The van der Waals surface area contributed by atoms with Crippen LogP contribution in [0.4, 0.5) is 0 Å². The lowest BCUT2D eigenvalue weighted by molar-refractivity contribution is -0.119. The largest absolute Gasteiger partial charge is 0.484 e. The first-order valence-corrected chi connectivity index (χ1v) is 7.23. The number of ether oxygens (including phenoxy) is 1. The van der Waals surface area contributed by atoms with Gasteiger partial charge in [-0.15, -0.1) is 11.3 Å². The van der Waals surface area contributed by atoms with E-state index in [0.29, 0.717) is 17.9 Å². The molecule has 0 fully saturated rings. The van der Waals surface area contributed by atoms with Crippen molar-refractivity contribution >= 4 is 23.2 Å². The fraction of sp³-hybridized carbons (Fsp3) is 0.200. The lowest BCUT2D eigenvalue weighted by Gasteiger charge is -2.16. The lowest BCUT2D eigenvalue weighted by Crippen LogP contribution is -2.25. The van der Waals surface area contributed by atoms with Gasteiger partial charge in [-0.1, -0.05) is 6.07 Å². The van der Waals surface area contributed by atoms with Gasteiger partial charge in [0.15, 0.2) is 6.61 Å². The smallest absolute Gasteiger partial charge is 0.255 e. The molecule has 0 saturated heterocycles. The van der Waals surface area contributed by atoms with Crippen LogP contribution in [0.2, 0.25) is 0 Å². The third kappa shape index (κ3) is 4.32. The van der Waals surface area contributed by atoms with Gasteiger partial charge in [0.05, 0.1) is 6.54 Å². The fourth-order valence-corrected chi connectivity index (χ4v) is 2.53. The third-order valence-electron chi connectivity index (χ3n) is 2.80. The molecule has 5 nitrogen and oxygen atoms in total. The molecule has 1 heterocycles. The molecule has 0 radical (unpaired) electrons. The predicted molar refractivity (Wildman–Crippen MR) is 81.2 cm³/mol. The zero-order chi connectivity index (χ0) is 15.2. The van der Waals surface area contributed by atoms with E-state index in [9.17, 15) is 9.59 Å². The van der Waals surface area contributed by atoms with Gasteiger partial charge in [-0.2, -0.15) is 0 Å². The summed E-state index contributed by atoms with van der Waals surface area (Å²) >= 11 is 1.62. The van der Waals surface area contributed by atoms with Crippen LogP contribution in [-0.4, -0.2) is 30.4 Å². The number of thiophene rings is 1. The van der Waals surface area contributed by atoms with Crippen LogP contribution in [0.5, 0.6) is 5.75 Å². The number of benzene rings is 1. The number of amides is 2. The Bertz CT molecular complexity index is 608. The number of carbonyl (C=O) groups excluding carboxylic acids is 2. The highest BCUT2D eigenvalue weighted by molar-refractivity contribution is 7.09. The molecule has 21 heavy (non-hydrogen) atoms. The van der Waals surface area contributed by atoms with Crippen LogP contribution in [0.15, 0.2) is 41.8 Å². The van der Waals surface area contributed by atoms with E-state index in [-0.39, 0.29) is 12.5 Å². The Morgan fingerprint density at radius 1 is 1.24 bits per heavy atom. The minimum Gasteiger partial charge on any atom is -0.484 e. The molecule has 2 aromatic rings. The molecule has 0 saturated carbocycles. The van der Waals surface area contributed by atoms with Crippen molar-refractivity contribution < 1.29 is 14.3 Å². The number of primary amides is 1. The van der Waals surface area contributed by atoms with Crippen LogP contribution in [0, 0.1) is 0 Å². The topological polar surface area (TPSA) is 72.6 Å². The van der Waals surface area contributed by atoms with Gasteiger partial charge >= 0.3 is 0 Å². The van der Waals surface area contributed by atoms with Crippen LogP contribution in [-0.2, 0) is 11.3 Å². The molecule has 1 aromatic carbocycles. The standard InChI is InChI=1S/C15H16N2O3S/c1-17(9-13-3-2-8-21-13)15(19)11-4-6-12(7-5-11)20-10-14(16)18/h2-8H,9-10H2,1H3,(H2,16,18). The first-order chi connectivity index (χ1) is 10.1. The van der Waals surface area contributed by atoms with Crippen molar-refractivity contribution in [2.45, 2.75) is 6.54 Å². The molecular weight excluding hydrogens is 288 g/mol.